The van der Waals surface area contributed by atoms with Crippen LogP contribution in [0.15, 0.2) is 18.2 Å². The number of alkyl halides is 4. The average Bonchev–Trinajstić information content (AvgIpc) is 2.35. The molecule has 0 fully saturated rings. The Labute approximate surface area is 110 Å². The van der Waals surface area contributed by atoms with E-state index in [0.717, 1.165) is 12.1 Å². The molecule has 0 amide bonds. The smallest absolute Gasteiger partial charge is 0.389 e. The number of halogens is 4. The summed E-state index contributed by atoms with van der Waals surface area (Å²) in [6.45, 7) is 0. The Bertz CT molecular complexity index is 470. The lowest BCUT2D eigenvalue weighted by Crippen LogP contribution is -2.23. The molecule has 0 aliphatic rings. The molecule has 1 rings (SSSR count). The maximum atomic E-state index is 12.8. The zero-order valence-corrected chi connectivity index (χ0v) is 10.5. The lowest BCUT2D eigenvalue weighted by atomic mass is 9.97. The first kappa shape index (κ1) is 15.0. The molecule has 2 N–H and O–H groups in total. The highest BCUT2D eigenvalue weighted by molar-refractivity contribution is 9.09. The van der Waals surface area contributed by atoms with Crippen molar-refractivity contribution in [2.45, 2.75) is 18.4 Å². The Hall–Kier alpha value is -1.10. The first-order valence-electron chi connectivity index (χ1n) is 4.84. The van der Waals surface area contributed by atoms with Gasteiger partial charge in [-0.2, -0.15) is 18.4 Å². The SMILES string of the molecule is N#Cc1ccc(C(O)C(O)CBr)c(C(F)(F)F)c1. The van der Waals surface area contributed by atoms with Crippen molar-refractivity contribution >= 4 is 15.9 Å². The van der Waals surface area contributed by atoms with Crippen LogP contribution in [0, 0.1) is 11.3 Å². The number of aliphatic hydroxyl groups is 2. The number of hydrogen-bond acceptors (Lipinski definition) is 3. The molecular weight excluding hydrogens is 315 g/mol. The minimum absolute atomic E-state index is 0.0640. The number of benzene rings is 1. The van der Waals surface area contributed by atoms with Gasteiger partial charge in [-0.05, 0) is 17.7 Å². The molecule has 1 aromatic carbocycles. The second-order valence-corrected chi connectivity index (χ2v) is 4.23. The molecule has 2 unspecified atom stereocenters. The summed E-state index contributed by atoms with van der Waals surface area (Å²) in [5.41, 5.74) is -1.73. The topological polar surface area (TPSA) is 64.2 Å². The molecule has 0 spiro atoms. The Morgan fingerprint density at radius 3 is 2.39 bits per heavy atom. The van der Waals surface area contributed by atoms with E-state index in [9.17, 15) is 23.4 Å². The van der Waals surface area contributed by atoms with Crippen molar-refractivity contribution in [2.75, 3.05) is 5.33 Å². The van der Waals surface area contributed by atoms with Crippen LogP contribution in [0.25, 0.3) is 0 Å². The Morgan fingerprint density at radius 2 is 1.94 bits per heavy atom. The van der Waals surface area contributed by atoms with Crippen LogP contribution in [0.2, 0.25) is 0 Å². The Kier molecular flexibility index (Phi) is 4.73. The van der Waals surface area contributed by atoms with Crippen LogP contribution in [0.3, 0.4) is 0 Å². The molecule has 0 heterocycles. The fourth-order valence-electron chi connectivity index (χ4n) is 1.42. The fraction of sp³-hybridized carbons (Fsp3) is 0.364. The predicted molar refractivity (Wildman–Crippen MR) is 60.9 cm³/mol. The second-order valence-electron chi connectivity index (χ2n) is 3.58. The van der Waals surface area contributed by atoms with Crippen molar-refractivity contribution < 1.29 is 23.4 Å². The molecule has 3 nitrogen and oxygen atoms in total. The average molecular weight is 324 g/mol. The van der Waals surface area contributed by atoms with Gasteiger partial charge in [0.15, 0.2) is 0 Å². The number of aliphatic hydroxyl groups excluding tert-OH is 2. The van der Waals surface area contributed by atoms with Crippen LogP contribution in [0.5, 0.6) is 0 Å². The largest absolute Gasteiger partial charge is 0.416 e. The number of nitriles is 1. The Balaban J connectivity index is 3.32. The van der Waals surface area contributed by atoms with Crippen LogP contribution in [0.1, 0.15) is 22.8 Å². The molecule has 0 aromatic heterocycles. The van der Waals surface area contributed by atoms with Gasteiger partial charge in [0.05, 0.1) is 23.3 Å². The normalized spacial score (nSPS) is 14.9. The molecular formula is C11H9BrF3NO2. The van der Waals surface area contributed by atoms with Gasteiger partial charge in [-0.25, -0.2) is 0 Å². The molecule has 0 aliphatic carbocycles. The predicted octanol–water partition coefficient (Wildman–Crippen LogP) is 2.37. The molecule has 0 radical (unpaired) electrons. The summed E-state index contributed by atoms with van der Waals surface area (Å²) in [5, 5.41) is 27.5. The van der Waals surface area contributed by atoms with E-state index in [0.29, 0.717) is 6.07 Å². The van der Waals surface area contributed by atoms with Crippen LogP contribution in [0.4, 0.5) is 13.2 Å². The van der Waals surface area contributed by atoms with E-state index in [-0.39, 0.29) is 10.9 Å². The van der Waals surface area contributed by atoms with Gasteiger partial charge in [0.2, 0.25) is 0 Å². The van der Waals surface area contributed by atoms with Crippen LogP contribution < -0.4 is 0 Å². The van der Waals surface area contributed by atoms with E-state index in [1.807, 2.05) is 0 Å². The highest BCUT2D eigenvalue weighted by Gasteiger charge is 2.36. The molecule has 0 bridgehead atoms. The quantitative estimate of drug-likeness (QED) is 0.839. The molecule has 0 saturated carbocycles. The summed E-state index contributed by atoms with van der Waals surface area (Å²) in [6, 6.07) is 4.41. The highest BCUT2D eigenvalue weighted by atomic mass is 79.9. The monoisotopic (exact) mass is 323 g/mol. The van der Waals surface area contributed by atoms with Gasteiger partial charge in [-0.1, -0.05) is 22.0 Å². The summed E-state index contributed by atoms with van der Waals surface area (Å²) in [5.74, 6) is 0. The molecule has 0 saturated heterocycles. The van der Waals surface area contributed by atoms with Crippen molar-refractivity contribution in [1.82, 2.24) is 0 Å². The van der Waals surface area contributed by atoms with Gasteiger partial charge in [0, 0.05) is 5.33 Å². The fourth-order valence-corrected chi connectivity index (χ4v) is 1.77. The van der Waals surface area contributed by atoms with E-state index in [4.69, 9.17) is 5.26 Å². The van der Waals surface area contributed by atoms with E-state index in [1.165, 1.54) is 0 Å². The number of hydrogen-bond donors (Lipinski definition) is 2. The van der Waals surface area contributed by atoms with Crippen molar-refractivity contribution in [3.8, 4) is 6.07 Å². The number of nitrogens with zero attached hydrogens (tertiary/aromatic N) is 1. The van der Waals surface area contributed by atoms with Crippen molar-refractivity contribution in [3.63, 3.8) is 0 Å². The summed E-state index contributed by atoms with van der Waals surface area (Å²) in [6.07, 6.45) is -7.73. The van der Waals surface area contributed by atoms with Crippen LogP contribution in [-0.4, -0.2) is 21.6 Å². The van der Waals surface area contributed by atoms with Gasteiger partial charge in [-0.15, -0.1) is 0 Å². The lowest BCUT2D eigenvalue weighted by Gasteiger charge is -2.20. The lowest BCUT2D eigenvalue weighted by molar-refractivity contribution is -0.139. The second kappa shape index (κ2) is 5.69. The zero-order chi connectivity index (χ0) is 13.9. The van der Waals surface area contributed by atoms with Gasteiger partial charge in [0.1, 0.15) is 6.10 Å². The third-order valence-electron chi connectivity index (χ3n) is 2.33. The molecule has 7 heteroatoms. The van der Waals surface area contributed by atoms with Gasteiger partial charge in [-0.3, -0.25) is 0 Å². The highest BCUT2D eigenvalue weighted by Crippen LogP contribution is 2.36. The van der Waals surface area contributed by atoms with Gasteiger partial charge < -0.3 is 10.2 Å². The van der Waals surface area contributed by atoms with Gasteiger partial charge >= 0.3 is 6.18 Å². The van der Waals surface area contributed by atoms with E-state index in [1.54, 1.807) is 6.07 Å². The van der Waals surface area contributed by atoms with Crippen LogP contribution in [-0.2, 0) is 6.18 Å². The van der Waals surface area contributed by atoms with Crippen LogP contribution >= 0.6 is 15.9 Å². The van der Waals surface area contributed by atoms with Gasteiger partial charge in [0.25, 0.3) is 0 Å². The molecule has 18 heavy (non-hydrogen) atoms. The molecule has 0 aliphatic heterocycles. The molecule has 98 valence electrons. The minimum atomic E-state index is -4.70. The Morgan fingerprint density at radius 1 is 1.33 bits per heavy atom. The minimum Gasteiger partial charge on any atom is -0.389 e. The van der Waals surface area contributed by atoms with E-state index < -0.39 is 29.5 Å². The third-order valence-corrected chi connectivity index (χ3v) is 2.99. The summed E-state index contributed by atoms with van der Waals surface area (Å²) in [4.78, 5) is 0. The first-order valence-corrected chi connectivity index (χ1v) is 5.96. The van der Waals surface area contributed by atoms with Crippen molar-refractivity contribution in [3.05, 3.63) is 34.9 Å². The molecule has 1 aromatic rings. The number of rotatable bonds is 3. The van der Waals surface area contributed by atoms with E-state index in [2.05, 4.69) is 15.9 Å². The summed E-state index contributed by atoms with van der Waals surface area (Å²) < 4.78 is 38.3. The third kappa shape index (κ3) is 3.22. The summed E-state index contributed by atoms with van der Waals surface area (Å²) >= 11 is 2.87. The van der Waals surface area contributed by atoms with Crippen molar-refractivity contribution in [2.24, 2.45) is 0 Å². The summed E-state index contributed by atoms with van der Waals surface area (Å²) in [7, 11) is 0. The van der Waals surface area contributed by atoms with Crippen molar-refractivity contribution in [1.29, 1.82) is 5.26 Å². The maximum absolute atomic E-state index is 12.8. The maximum Gasteiger partial charge on any atom is 0.416 e. The molecule has 2 atom stereocenters. The first-order chi connectivity index (χ1) is 8.31. The van der Waals surface area contributed by atoms with E-state index >= 15 is 0 Å². The zero-order valence-electron chi connectivity index (χ0n) is 8.95. The standard InChI is InChI=1S/C11H9BrF3NO2/c12-4-9(17)10(18)7-2-1-6(5-16)3-8(7)11(13,14)15/h1-3,9-10,17-18H,4H2.